The summed E-state index contributed by atoms with van der Waals surface area (Å²) in [6.07, 6.45) is 2.68. The molecule has 0 saturated carbocycles. The summed E-state index contributed by atoms with van der Waals surface area (Å²) in [5.74, 6) is 0. The molecular weight excluding hydrogens is 186 g/mol. The van der Waals surface area contributed by atoms with Crippen LogP contribution in [0.5, 0.6) is 0 Å². The van der Waals surface area contributed by atoms with Crippen molar-refractivity contribution in [2.24, 2.45) is 11.5 Å². The third kappa shape index (κ3) is 9.20. The van der Waals surface area contributed by atoms with E-state index < -0.39 is 7.37 Å². The summed E-state index contributed by atoms with van der Waals surface area (Å²) in [6.45, 7) is 1.19. The van der Waals surface area contributed by atoms with E-state index in [-0.39, 0.29) is 29.6 Å². The number of nitrogens with two attached hydrogens (primary N) is 2. The molecule has 68 valence electrons. The van der Waals surface area contributed by atoms with Crippen molar-refractivity contribution in [1.82, 2.24) is 0 Å². The Labute approximate surface area is 95.8 Å². The topological polar surface area (TPSA) is 92.2 Å². The van der Waals surface area contributed by atoms with Gasteiger partial charge in [0.15, 0.2) is 0 Å². The monoisotopic (exact) mass is 202 g/mol. The van der Waals surface area contributed by atoms with E-state index in [0.717, 1.165) is 12.8 Å². The van der Waals surface area contributed by atoms with E-state index in [9.17, 15) is 9.46 Å². The van der Waals surface area contributed by atoms with E-state index in [1.165, 1.54) is 0 Å². The molecule has 1 saturated heterocycles. The Balaban J connectivity index is 0. The molecule has 0 amide bonds. The molecule has 0 spiro atoms. The molecule has 4 N–H and O–H groups in total. The van der Waals surface area contributed by atoms with Gasteiger partial charge < -0.3 is 20.9 Å². The quantitative estimate of drug-likeness (QED) is 0.338. The molecule has 0 atom stereocenters. The smallest absolute Gasteiger partial charge is 0.799 e. The van der Waals surface area contributed by atoms with Crippen LogP contribution in [0.1, 0.15) is 12.8 Å². The maximum atomic E-state index is 10.5. The van der Waals surface area contributed by atoms with Crippen LogP contribution >= 0.6 is 7.37 Å². The summed E-state index contributed by atoms with van der Waals surface area (Å²) in [6, 6.07) is 0. The average Bonchev–Trinajstić information content (AvgIpc) is 2.35. The first-order chi connectivity index (χ1) is 5.12. The standard InChI is InChI=1S/C4H9O2P.C2H8N2.Na/c5-7(6)3-1-2-4-7;3-1-2-4;/h1-4H2,(H,5,6);1-4H2;/q;;+1/p-1. The van der Waals surface area contributed by atoms with E-state index >= 15 is 0 Å². The molecular formula is C6H16N2NaO2P. The summed E-state index contributed by atoms with van der Waals surface area (Å²) >= 11 is 0. The Morgan fingerprint density at radius 1 is 1.17 bits per heavy atom. The summed E-state index contributed by atoms with van der Waals surface area (Å²) in [5.41, 5.74) is 9.81. The zero-order valence-electron chi connectivity index (χ0n) is 7.66. The molecule has 0 aromatic heterocycles. The molecule has 0 aromatic rings. The molecule has 1 rings (SSSR count). The first-order valence-electron chi connectivity index (χ1n) is 3.81. The Morgan fingerprint density at radius 2 is 1.50 bits per heavy atom. The molecule has 0 bridgehead atoms. The van der Waals surface area contributed by atoms with Crippen molar-refractivity contribution in [3.63, 3.8) is 0 Å². The van der Waals surface area contributed by atoms with Gasteiger partial charge in [-0.05, 0) is 25.2 Å². The van der Waals surface area contributed by atoms with Crippen LogP contribution in [-0.2, 0) is 4.57 Å². The van der Waals surface area contributed by atoms with Gasteiger partial charge in [0, 0.05) is 20.5 Å². The van der Waals surface area contributed by atoms with E-state index in [1.807, 2.05) is 0 Å². The van der Waals surface area contributed by atoms with Crippen LogP contribution in [-0.4, -0.2) is 25.4 Å². The molecule has 1 fully saturated rings. The van der Waals surface area contributed by atoms with Gasteiger partial charge >= 0.3 is 29.6 Å². The van der Waals surface area contributed by atoms with Gasteiger partial charge in [-0.15, -0.1) is 0 Å². The number of hydrogen-bond acceptors (Lipinski definition) is 4. The van der Waals surface area contributed by atoms with Gasteiger partial charge in [0.1, 0.15) is 0 Å². The largest absolute Gasteiger partial charge is 1.00 e. The van der Waals surface area contributed by atoms with Gasteiger partial charge in [-0.2, -0.15) is 0 Å². The van der Waals surface area contributed by atoms with E-state index in [0.29, 0.717) is 25.4 Å². The van der Waals surface area contributed by atoms with Crippen LogP contribution in [0.15, 0.2) is 0 Å². The summed E-state index contributed by atoms with van der Waals surface area (Å²) in [4.78, 5) is 10.5. The second-order valence-corrected chi connectivity index (χ2v) is 5.07. The molecule has 0 unspecified atom stereocenters. The molecule has 1 aliphatic rings. The van der Waals surface area contributed by atoms with Gasteiger partial charge in [-0.3, -0.25) is 0 Å². The minimum absolute atomic E-state index is 0. The minimum atomic E-state index is -2.79. The van der Waals surface area contributed by atoms with Crippen LogP contribution < -0.4 is 45.9 Å². The van der Waals surface area contributed by atoms with Gasteiger partial charge in [0.2, 0.25) is 0 Å². The Morgan fingerprint density at radius 3 is 1.58 bits per heavy atom. The first kappa shape index (κ1) is 15.6. The van der Waals surface area contributed by atoms with Crippen molar-refractivity contribution in [3.8, 4) is 0 Å². The predicted molar refractivity (Wildman–Crippen MR) is 44.7 cm³/mol. The summed E-state index contributed by atoms with van der Waals surface area (Å²) in [5, 5.41) is 0. The minimum Gasteiger partial charge on any atom is -0.799 e. The van der Waals surface area contributed by atoms with Gasteiger partial charge in [-0.25, -0.2) is 0 Å². The first-order valence-corrected chi connectivity index (χ1v) is 5.81. The zero-order valence-corrected chi connectivity index (χ0v) is 10.6. The van der Waals surface area contributed by atoms with Crippen molar-refractivity contribution in [3.05, 3.63) is 0 Å². The molecule has 6 heteroatoms. The zero-order chi connectivity index (χ0) is 8.74. The third-order valence-corrected chi connectivity index (χ3v) is 3.41. The van der Waals surface area contributed by atoms with Crippen molar-refractivity contribution in [2.75, 3.05) is 25.4 Å². The van der Waals surface area contributed by atoms with Crippen molar-refractivity contribution < 1.29 is 39.0 Å². The van der Waals surface area contributed by atoms with E-state index in [2.05, 4.69) is 0 Å². The van der Waals surface area contributed by atoms with Crippen LogP contribution in [0, 0.1) is 0 Å². The predicted octanol–water partition coefficient (Wildman–Crippen LogP) is -3.67. The van der Waals surface area contributed by atoms with E-state index in [4.69, 9.17) is 11.5 Å². The molecule has 1 aliphatic heterocycles. The van der Waals surface area contributed by atoms with Crippen LogP contribution in [0.25, 0.3) is 0 Å². The summed E-state index contributed by atoms with van der Waals surface area (Å²) in [7, 11) is -2.79. The van der Waals surface area contributed by atoms with Gasteiger partial charge in [-0.1, -0.05) is 0 Å². The van der Waals surface area contributed by atoms with Crippen molar-refractivity contribution in [2.45, 2.75) is 12.8 Å². The third-order valence-electron chi connectivity index (χ3n) is 1.41. The maximum absolute atomic E-state index is 10.5. The Hall–Kier alpha value is 1.11. The summed E-state index contributed by atoms with van der Waals surface area (Å²) < 4.78 is 10.5. The molecule has 4 nitrogen and oxygen atoms in total. The molecule has 0 aliphatic carbocycles. The van der Waals surface area contributed by atoms with Crippen LogP contribution in [0.3, 0.4) is 0 Å². The maximum Gasteiger partial charge on any atom is 1.00 e. The molecule has 0 aromatic carbocycles. The van der Waals surface area contributed by atoms with E-state index in [1.54, 1.807) is 0 Å². The van der Waals surface area contributed by atoms with Crippen molar-refractivity contribution >= 4 is 7.37 Å². The number of rotatable bonds is 1. The van der Waals surface area contributed by atoms with Crippen LogP contribution in [0.4, 0.5) is 0 Å². The van der Waals surface area contributed by atoms with Gasteiger partial charge in [0.05, 0.1) is 0 Å². The normalized spacial score (nSPS) is 18.9. The molecule has 1 heterocycles. The fraction of sp³-hybridized carbons (Fsp3) is 1.00. The fourth-order valence-electron chi connectivity index (χ4n) is 0.817. The van der Waals surface area contributed by atoms with Gasteiger partial charge in [0.25, 0.3) is 0 Å². The van der Waals surface area contributed by atoms with Crippen molar-refractivity contribution in [1.29, 1.82) is 0 Å². The average molecular weight is 202 g/mol. The molecule has 0 radical (unpaired) electrons. The fourth-order valence-corrected chi connectivity index (χ4v) is 2.45. The SMILES string of the molecule is NCCN.O=P1([O-])CCCC1.[Na+]. The second-order valence-electron chi connectivity index (χ2n) is 2.55. The Kier molecular flexibility index (Phi) is 11.3. The molecule has 12 heavy (non-hydrogen) atoms. The second kappa shape index (κ2) is 8.70. The van der Waals surface area contributed by atoms with Crippen LogP contribution in [0.2, 0.25) is 0 Å². The Bertz CT molecular complexity index is 134. The number of hydrogen-bond donors (Lipinski definition) is 2.